The van der Waals surface area contributed by atoms with E-state index in [2.05, 4.69) is 53.8 Å². The Morgan fingerprint density at radius 3 is 2.60 bits per heavy atom. The fourth-order valence-corrected chi connectivity index (χ4v) is 3.73. The average molecular weight is 410 g/mol. The van der Waals surface area contributed by atoms with Crippen LogP contribution < -0.4 is 10.2 Å². The van der Waals surface area contributed by atoms with Crippen molar-refractivity contribution in [1.29, 1.82) is 0 Å². The van der Waals surface area contributed by atoms with Crippen LogP contribution >= 0.6 is 15.9 Å². The van der Waals surface area contributed by atoms with Crippen LogP contribution in [0.4, 0.5) is 5.69 Å². The number of hydrogen-bond acceptors (Lipinski definition) is 3. The van der Waals surface area contributed by atoms with Gasteiger partial charge in [-0.15, -0.1) is 0 Å². The van der Waals surface area contributed by atoms with E-state index in [1.54, 1.807) is 4.90 Å². The third kappa shape index (κ3) is 5.28. The average Bonchev–Trinajstić information content (AvgIpc) is 2.92. The molecule has 2 amide bonds. The number of anilines is 1. The van der Waals surface area contributed by atoms with Gasteiger partial charge in [0.1, 0.15) is 0 Å². The van der Waals surface area contributed by atoms with E-state index in [1.807, 2.05) is 24.3 Å². The van der Waals surface area contributed by atoms with Gasteiger partial charge in [-0.2, -0.15) is 0 Å². The van der Waals surface area contributed by atoms with Gasteiger partial charge in [0.05, 0.1) is 5.92 Å². The van der Waals surface area contributed by atoms with E-state index in [9.17, 15) is 9.59 Å². The highest BCUT2D eigenvalue weighted by Crippen LogP contribution is 2.27. The molecule has 0 radical (unpaired) electrons. The maximum Gasteiger partial charge on any atom is 0.227 e. The lowest BCUT2D eigenvalue weighted by atomic mass is 10.1. The minimum absolute atomic E-state index is 0.00392. The Bertz CT molecular complexity index is 610. The van der Waals surface area contributed by atoms with Crippen molar-refractivity contribution in [3.63, 3.8) is 0 Å². The first-order valence-electron chi connectivity index (χ1n) is 8.89. The molecule has 1 N–H and O–H groups in total. The second kappa shape index (κ2) is 8.81. The number of rotatable bonds is 7. The van der Waals surface area contributed by atoms with E-state index in [0.29, 0.717) is 25.2 Å². The summed E-state index contributed by atoms with van der Waals surface area (Å²) in [6, 6.07) is 8.50. The second-order valence-corrected chi connectivity index (χ2v) is 8.02. The van der Waals surface area contributed by atoms with Crippen molar-refractivity contribution in [3.8, 4) is 0 Å². The molecule has 1 aromatic rings. The minimum Gasteiger partial charge on any atom is -0.355 e. The molecule has 0 bridgehead atoms. The molecule has 1 fully saturated rings. The third-order valence-electron chi connectivity index (χ3n) is 4.61. The molecule has 1 unspecified atom stereocenters. The first kappa shape index (κ1) is 19.9. The van der Waals surface area contributed by atoms with Crippen molar-refractivity contribution in [3.05, 3.63) is 28.7 Å². The molecular weight excluding hydrogens is 382 g/mol. The predicted molar refractivity (Wildman–Crippen MR) is 105 cm³/mol. The van der Waals surface area contributed by atoms with Gasteiger partial charge in [0.25, 0.3) is 0 Å². The van der Waals surface area contributed by atoms with Gasteiger partial charge in [-0.25, -0.2) is 0 Å². The Balaban J connectivity index is 1.88. The molecule has 6 heteroatoms. The molecule has 0 aliphatic carbocycles. The van der Waals surface area contributed by atoms with Crippen molar-refractivity contribution < 1.29 is 9.59 Å². The molecule has 25 heavy (non-hydrogen) atoms. The molecule has 1 aromatic carbocycles. The van der Waals surface area contributed by atoms with Crippen molar-refractivity contribution in [1.82, 2.24) is 10.2 Å². The molecule has 1 heterocycles. The van der Waals surface area contributed by atoms with E-state index in [0.717, 1.165) is 16.7 Å². The van der Waals surface area contributed by atoms with Crippen molar-refractivity contribution in [2.45, 2.75) is 46.2 Å². The lowest BCUT2D eigenvalue weighted by Gasteiger charge is -2.30. The Labute approximate surface area is 158 Å². The fourth-order valence-electron chi connectivity index (χ4n) is 3.34. The van der Waals surface area contributed by atoms with Crippen LogP contribution in [0.25, 0.3) is 0 Å². The molecule has 0 saturated carbocycles. The number of nitrogens with one attached hydrogen (secondary N) is 1. The molecular formula is C19H28BrN3O2. The van der Waals surface area contributed by atoms with E-state index in [-0.39, 0.29) is 24.2 Å². The Hall–Kier alpha value is -1.40. The number of carbonyl (C=O) groups excluding carboxylic acids is 2. The number of halogens is 1. The van der Waals surface area contributed by atoms with Crippen LogP contribution in [0.2, 0.25) is 0 Å². The summed E-state index contributed by atoms with van der Waals surface area (Å²) in [4.78, 5) is 28.8. The molecule has 0 aromatic heterocycles. The van der Waals surface area contributed by atoms with Crippen LogP contribution in [0, 0.1) is 5.92 Å². The molecule has 0 spiro atoms. The first-order chi connectivity index (χ1) is 11.8. The molecule has 1 aliphatic rings. The van der Waals surface area contributed by atoms with E-state index >= 15 is 0 Å². The fraction of sp³-hybridized carbons (Fsp3) is 0.579. The normalized spacial score (nSPS) is 17.8. The predicted octanol–water partition coefficient (Wildman–Crippen LogP) is 3.04. The van der Waals surface area contributed by atoms with Gasteiger partial charge < -0.3 is 10.2 Å². The van der Waals surface area contributed by atoms with Crippen LogP contribution in [0.1, 0.15) is 34.1 Å². The topological polar surface area (TPSA) is 52.7 Å². The summed E-state index contributed by atoms with van der Waals surface area (Å²) in [7, 11) is 0. The molecule has 2 rings (SSSR count). The van der Waals surface area contributed by atoms with Crippen molar-refractivity contribution in [2.24, 2.45) is 5.92 Å². The summed E-state index contributed by atoms with van der Waals surface area (Å²) in [6.45, 7) is 10.5. The quantitative estimate of drug-likeness (QED) is 0.752. The summed E-state index contributed by atoms with van der Waals surface area (Å²) in [5.41, 5.74) is 0.834. The summed E-state index contributed by atoms with van der Waals surface area (Å²) in [5, 5.41) is 3.00. The van der Waals surface area contributed by atoms with Crippen molar-refractivity contribution >= 4 is 33.4 Å². The largest absolute Gasteiger partial charge is 0.355 e. The smallest absolute Gasteiger partial charge is 0.227 e. The lowest BCUT2D eigenvalue weighted by Crippen LogP contribution is -2.43. The number of amides is 2. The SMILES string of the molecule is CC(C)N(CCNC(=O)C1CC(=O)N(c2cccc(Br)c2)C1)C(C)C. The zero-order valence-electron chi connectivity index (χ0n) is 15.5. The van der Waals surface area contributed by atoms with Gasteiger partial charge in [-0.1, -0.05) is 22.0 Å². The third-order valence-corrected chi connectivity index (χ3v) is 5.10. The highest BCUT2D eigenvalue weighted by molar-refractivity contribution is 9.10. The minimum atomic E-state index is -0.280. The molecule has 1 saturated heterocycles. The lowest BCUT2D eigenvalue weighted by molar-refractivity contribution is -0.126. The Morgan fingerprint density at radius 1 is 1.32 bits per heavy atom. The number of carbonyl (C=O) groups is 2. The Morgan fingerprint density at radius 2 is 2.00 bits per heavy atom. The van der Waals surface area contributed by atoms with E-state index in [4.69, 9.17) is 0 Å². The van der Waals surface area contributed by atoms with Gasteiger partial charge in [0, 0.05) is 48.3 Å². The molecule has 1 aliphatic heterocycles. The van der Waals surface area contributed by atoms with Gasteiger partial charge in [-0.3, -0.25) is 14.5 Å². The summed E-state index contributed by atoms with van der Waals surface area (Å²) < 4.78 is 0.924. The molecule has 5 nitrogen and oxygen atoms in total. The van der Waals surface area contributed by atoms with Crippen molar-refractivity contribution in [2.75, 3.05) is 24.5 Å². The van der Waals surface area contributed by atoms with Crippen LogP contribution in [-0.4, -0.2) is 48.4 Å². The summed E-state index contributed by atoms with van der Waals surface area (Å²) >= 11 is 3.42. The van der Waals surface area contributed by atoms with Gasteiger partial charge in [-0.05, 0) is 45.9 Å². The van der Waals surface area contributed by atoms with Crippen LogP contribution in [0.15, 0.2) is 28.7 Å². The Kier molecular flexibility index (Phi) is 7.02. The van der Waals surface area contributed by atoms with Crippen LogP contribution in [-0.2, 0) is 9.59 Å². The summed E-state index contributed by atoms with van der Waals surface area (Å²) in [5.74, 6) is -0.305. The van der Waals surface area contributed by atoms with E-state index in [1.165, 1.54) is 0 Å². The molecule has 138 valence electrons. The number of nitrogens with zero attached hydrogens (tertiary/aromatic N) is 2. The maximum atomic E-state index is 12.4. The van der Waals surface area contributed by atoms with E-state index < -0.39 is 0 Å². The van der Waals surface area contributed by atoms with Gasteiger partial charge in [0.15, 0.2) is 0 Å². The number of hydrogen-bond donors (Lipinski definition) is 1. The highest BCUT2D eigenvalue weighted by Gasteiger charge is 2.35. The summed E-state index contributed by atoms with van der Waals surface area (Å²) in [6.07, 6.45) is 0.274. The van der Waals surface area contributed by atoms with Gasteiger partial charge in [0.2, 0.25) is 11.8 Å². The van der Waals surface area contributed by atoms with Crippen LogP contribution in [0.3, 0.4) is 0 Å². The monoisotopic (exact) mass is 409 g/mol. The number of benzene rings is 1. The van der Waals surface area contributed by atoms with Gasteiger partial charge >= 0.3 is 0 Å². The maximum absolute atomic E-state index is 12.4. The zero-order valence-corrected chi connectivity index (χ0v) is 17.0. The zero-order chi connectivity index (χ0) is 18.6. The molecule has 1 atom stereocenters. The highest BCUT2D eigenvalue weighted by atomic mass is 79.9. The standard InChI is InChI=1S/C19H28BrN3O2/c1-13(2)22(14(3)4)9-8-21-19(25)15-10-18(24)23(12-15)17-7-5-6-16(20)11-17/h5-7,11,13-15H,8-10,12H2,1-4H3,(H,21,25). The van der Waals surface area contributed by atoms with Crippen LogP contribution in [0.5, 0.6) is 0 Å². The first-order valence-corrected chi connectivity index (χ1v) is 9.68. The second-order valence-electron chi connectivity index (χ2n) is 7.10.